The van der Waals surface area contributed by atoms with Crippen molar-refractivity contribution >= 4 is 60.3 Å². The highest BCUT2D eigenvalue weighted by Gasteiger charge is 2.22. The number of hydrogen-bond donors (Lipinski definition) is 0. The van der Waals surface area contributed by atoms with Crippen molar-refractivity contribution in [2.75, 3.05) is 4.90 Å². The summed E-state index contributed by atoms with van der Waals surface area (Å²) in [6, 6.07) is 93.2. The van der Waals surface area contributed by atoms with E-state index in [1.54, 1.807) is 0 Å². The van der Waals surface area contributed by atoms with Crippen molar-refractivity contribution < 1.29 is 0 Å². The molecule has 2 heteroatoms. The number of hydrogen-bond acceptors (Lipinski definition) is 1. The van der Waals surface area contributed by atoms with Crippen LogP contribution in [-0.4, -0.2) is 4.57 Å². The van der Waals surface area contributed by atoms with Crippen LogP contribution in [0.4, 0.5) is 11.4 Å². The maximum Gasteiger partial charge on any atom is 0.0619 e. The molecule has 0 radical (unpaired) electrons. The van der Waals surface area contributed by atoms with E-state index in [0.717, 1.165) is 29.9 Å². The van der Waals surface area contributed by atoms with Gasteiger partial charge in [0.25, 0.3) is 0 Å². The highest BCUT2D eigenvalue weighted by molar-refractivity contribution is 6.19. The molecule has 1 aliphatic carbocycles. The Kier molecular flexibility index (Phi) is 10.4. The Morgan fingerprint density at radius 2 is 0.843 bits per heavy atom. The van der Waals surface area contributed by atoms with Crippen molar-refractivity contribution in [1.82, 2.24) is 4.57 Å². The predicted octanol–water partition coefficient (Wildman–Crippen LogP) is 18.7. The molecule has 0 fully saturated rings. The molecule has 1 aliphatic rings. The van der Waals surface area contributed by atoms with Gasteiger partial charge in [-0.3, -0.25) is 0 Å². The first-order chi connectivity index (χ1) is 34.7. The van der Waals surface area contributed by atoms with Gasteiger partial charge in [-0.05, 0) is 133 Å². The van der Waals surface area contributed by atoms with Gasteiger partial charge in [-0.15, -0.1) is 0 Å². The minimum Gasteiger partial charge on any atom is -0.314 e. The first kappa shape index (κ1) is 41.2. The van der Waals surface area contributed by atoms with E-state index in [4.69, 9.17) is 0 Å². The summed E-state index contributed by atoms with van der Waals surface area (Å²) in [7, 11) is 0. The minimum atomic E-state index is 0.897. The van der Waals surface area contributed by atoms with Crippen LogP contribution in [-0.2, 0) is 0 Å². The van der Waals surface area contributed by atoms with Crippen molar-refractivity contribution in [2.24, 2.45) is 0 Å². The van der Waals surface area contributed by atoms with Gasteiger partial charge in [0.1, 0.15) is 0 Å². The maximum atomic E-state index is 2.48. The van der Waals surface area contributed by atoms with Gasteiger partial charge >= 0.3 is 0 Å². The van der Waals surface area contributed by atoms with E-state index in [1.165, 1.54) is 105 Å². The minimum absolute atomic E-state index is 0.897. The van der Waals surface area contributed by atoms with E-state index < -0.39 is 0 Å². The fraction of sp³-hybridized carbons (Fsp3) is 0.0294. The lowest BCUT2D eigenvalue weighted by Crippen LogP contribution is -2.18. The molecule has 0 spiro atoms. The van der Waals surface area contributed by atoms with Gasteiger partial charge in [-0.2, -0.15) is 0 Å². The molecule has 0 bridgehead atoms. The van der Waals surface area contributed by atoms with Crippen LogP contribution in [0.25, 0.3) is 99.1 Å². The van der Waals surface area contributed by atoms with Crippen LogP contribution in [0.3, 0.4) is 0 Å². The van der Waals surface area contributed by atoms with Gasteiger partial charge in [0.15, 0.2) is 0 Å². The fourth-order valence-corrected chi connectivity index (χ4v) is 11.0. The monoisotopic (exact) mass is 892 g/mol. The molecule has 70 heavy (non-hydrogen) atoms. The lowest BCUT2D eigenvalue weighted by molar-refractivity contribution is 0.930. The number of benzene rings is 11. The second-order valence-corrected chi connectivity index (χ2v) is 18.4. The average molecular weight is 893 g/mol. The van der Waals surface area contributed by atoms with E-state index in [-0.39, 0.29) is 0 Å². The topological polar surface area (TPSA) is 8.17 Å². The quantitative estimate of drug-likeness (QED) is 0.140. The van der Waals surface area contributed by atoms with E-state index in [2.05, 4.69) is 276 Å². The van der Waals surface area contributed by atoms with Crippen molar-refractivity contribution in [3.63, 3.8) is 0 Å². The van der Waals surface area contributed by atoms with Crippen LogP contribution in [0, 0.1) is 0 Å². The van der Waals surface area contributed by atoms with Gasteiger partial charge < -0.3 is 9.47 Å². The molecular weight excluding hydrogens is 845 g/mol. The van der Waals surface area contributed by atoms with Gasteiger partial charge in [0.05, 0.1) is 11.0 Å². The summed E-state index contributed by atoms with van der Waals surface area (Å²) >= 11 is 0. The van der Waals surface area contributed by atoms with Crippen molar-refractivity contribution in [3.05, 3.63) is 278 Å². The number of nitrogens with zero attached hydrogens (tertiary/aromatic N) is 2. The van der Waals surface area contributed by atoms with Gasteiger partial charge in [-0.25, -0.2) is 0 Å². The van der Waals surface area contributed by atoms with E-state index in [1.807, 2.05) is 0 Å². The van der Waals surface area contributed by atoms with Crippen LogP contribution in [0.5, 0.6) is 0 Å². The van der Waals surface area contributed by atoms with Crippen LogP contribution < -0.4 is 4.90 Å². The SMILES string of the molecule is C1=C(c2ccc(-c3cccc4ccccc34)cc2)CCC(N(c2ccc(-c3cccc4ccccc34)cc2)c2cccc(-c3cccc4c3c3cccc(-c5ccccc5)c3n4-c3ccccc3)c2)=C1. The molecule has 0 aliphatic heterocycles. The Morgan fingerprint density at radius 3 is 1.53 bits per heavy atom. The standard InChI is InChI=1S/C68H48N2/c1-3-16-51(17-4-1)64-31-14-32-65-67-63(30-15-33-66(67)70(68(64)65)55-23-5-2-6-24-55)54-22-11-25-58(46-54)69(57-44-40-53(41-45-57)62-29-13-21-50-19-8-10-27-60(50)62)56-42-38-48(39-43-56)47-34-36-52(37-35-47)61-28-12-20-49-18-7-9-26-59(49)61/h1-38,40-42,44-46H,39,43H2. The van der Waals surface area contributed by atoms with Crippen LogP contribution >= 0.6 is 0 Å². The van der Waals surface area contributed by atoms with Crippen molar-refractivity contribution in [2.45, 2.75) is 12.8 Å². The number of para-hydroxylation sites is 2. The first-order valence-corrected chi connectivity index (χ1v) is 24.4. The van der Waals surface area contributed by atoms with Gasteiger partial charge in [0.2, 0.25) is 0 Å². The molecule has 12 aromatic rings. The lowest BCUT2D eigenvalue weighted by Gasteiger charge is -2.30. The first-order valence-electron chi connectivity index (χ1n) is 24.4. The summed E-state index contributed by atoms with van der Waals surface area (Å²) in [5.74, 6) is 0. The number of aromatic nitrogens is 1. The van der Waals surface area contributed by atoms with Crippen LogP contribution in [0.1, 0.15) is 18.4 Å². The molecule has 0 saturated heterocycles. The fourth-order valence-electron chi connectivity index (χ4n) is 11.0. The Labute approximate surface area is 409 Å². The lowest BCUT2D eigenvalue weighted by atomic mass is 9.92. The molecule has 1 aromatic heterocycles. The molecule has 2 nitrogen and oxygen atoms in total. The van der Waals surface area contributed by atoms with E-state index in [0.29, 0.717) is 0 Å². The summed E-state index contributed by atoms with van der Waals surface area (Å²) in [4.78, 5) is 2.48. The second-order valence-electron chi connectivity index (χ2n) is 18.4. The highest BCUT2D eigenvalue weighted by Crippen LogP contribution is 2.45. The van der Waals surface area contributed by atoms with Crippen molar-refractivity contribution in [1.29, 1.82) is 0 Å². The van der Waals surface area contributed by atoms with Gasteiger partial charge in [-0.1, -0.05) is 218 Å². The number of rotatable bonds is 9. The molecule has 330 valence electrons. The largest absolute Gasteiger partial charge is 0.314 e. The Morgan fingerprint density at radius 1 is 0.329 bits per heavy atom. The Bertz CT molecular complexity index is 3960. The zero-order chi connectivity index (χ0) is 46.4. The summed E-state index contributed by atoms with van der Waals surface area (Å²) < 4.78 is 2.46. The normalized spacial score (nSPS) is 12.6. The molecule has 13 rings (SSSR count). The molecule has 1 heterocycles. The maximum absolute atomic E-state index is 2.48. The van der Waals surface area contributed by atoms with E-state index in [9.17, 15) is 0 Å². The molecule has 0 atom stereocenters. The molecule has 0 saturated carbocycles. The van der Waals surface area contributed by atoms with Crippen LogP contribution in [0.15, 0.2) is 273 Å². The second kappa shape index (κ2) is 17.6. The van der Waals surface area contributed by atoms with E-state index >= 15 is 0 Å². The molecule has 11 aromatic carbocycles. The third kappa shape index (κ3) is 7.30. The van der Waals surface area contributed by atoms with Crippen LogP contribution in [0.2, 0.25) is 0 Å². The molecule has 0 unspecified atom stereocenters. The Hall–Kier alpha value is -8.98. The van der Waals surface area contributed by atoms with Crippen molar-refractivity contribution in [3.8, 4) is 50.2 Å². The predicted molar refractivity (Wildman–Crippen MR) is 298 cm³/mol. The zero-order valence-corrected chi connectivity index (χ0v) is 38.7. The smallest absolute Gasteiger partial charge is 0.0619 e. The summed E-state index contributed by atoms with van der Waals surface area (Å²) in [6.45, 7) is 0. The number of fused-ring (bicyclic) bond motifs is 5. The number of allylic oxidation sites excluding steroid dienone is 4. The average Bonchev–Trinajstić information content (AvgIpc) is 3.79. The van der Waals surface area contributed by atoms with Gasteiger partial charge in [0, 0.05) is 39.1 Å². The third-order valence-electron chi connectivity index (χ3n) is 14.3. The summed E-state index contributed by atoms with van der Waals surface area (Å²) in [5, 5.41) is 7.54. The number of anilines is 2. The highest BCUT2D eigenvalue weighted by atomic mass is 15.1. The Balaban J connectivity index is 0.929. The molecule has 0 N–H and O–H groups in total. The molecular formula is C68H48N2. The summed E-state index contributed by atoms with van der Waals surface area (Å²) in [5.41, 5.74) is 19.5. The zero-order valence-electron chi connectivity index (χ0n) is 38.7. The third-order valence-corrected chi connectivity index (χ3v) is 14.3. The summed E-state index contributed by atoms with van der Waals surface area (Å²) in [6.07, 6.45) is 6.53. The molecule has 0 amide bonds.